The molecule has 0 saturated heterocycles. The summed E-state index contributed by atoms with van der Waals surface area (Å²) in [7, 11) is 0. The van der Waals surface area contributed by atoms with Crippen LogP contribution in [0.15, 0.2) is 48.5 Å². The molecule has 1 N–H and O–H groups in total. The molecule has 2 aromatic carbocycles. The van der Waals surface area contributed by atoms with Crippen LogP contribution in [0.5, 0.6) is 0 Å². The van der Waals surface area contributed by atoms with Crippen LogP contribution in [0.25, 0.3) is 22.3 Å². The van der Waals surface area contributed by atoms with E-state index < -0.39 is 5.97 Å². The fourth-order valence-electron chi connectivity index (χ4n) is 3.67. The van der Waals surface area contributed by atoms with Crippen molar-refractivity contribution in [3.05, 3.63) is 59.8 Å². The third-order valence-corrected chi connectivity index (χ3v) is 4.98. The Morgan fingerprint density at radius 1 is 0.920 bits per heavy atom. The Morgan fingerprint density at radius 3 is 2.40 bits per heavy atom. The second kappa shape index (κ2) is 6.63. The van der Waals surface area contributed by atoms with Crippen LogP contribution in [0.1, 0.15) is 54.1 Å². The highest BCUT2D eigenvalue weighted by molar-refractivity contribution is 5.92. The molecule has 1 aromatic heterocycles. The number of carboxylic acid groups (broad SMARTS) is 1. The third kappa shape index (κ3) is 3.12. The fraction of sp³-hybridized carbons (Fsp3) is 0.286. The van der Waals surface area contributed by atoms with Gasteiger partial charge in [0.1, 0.15) is 0 Å². The minimum Gasteiger partial charge on any atom is -0.478 e. The van der Waals surface area contributed by atoms with E-state index in [2.05, 4.69) is 12.1 Å². The summed E-state index contributed by atoms with van der Waals surface area (Å²) < 4.78 is 0. The highest BCUT2D eigenvalue weighted by atomic mass is 16.4. The molecule has 0 bridgehead atoms. The molecule has 25 heavy (non-hydrogen) atoms. The van der Waals surface area contributed by atoms with E-state index in [0.29, 0.717) is 11.4 Å². The summed E-state index contributed by atoms with van der Waals surface area (Å²) in [6, 6.07) is 15.1. The number of carbonyl (C=O) groups is 1. The summed E-state index contributed by atoms with van der Waals surface area (Å²) in [5.74, 6) is -0.538. The van der Waals surface area contributed by atoms with Gasteiger partial charge in [0.2, 0.25) is 0 Å². The topological polar surface area (TPSA) is 63.1 Å². The van der Waals surface area contributed by atoms with Crippen molar-refractivity contribution in [2.75, 3.05) is 0 Å². The molecule has 126 valence electrons. The SMILES string of the molecule is O=C(O)c1ccc2nc(-c3ccccc3)c(C3CCCCC3)nc2c1. The molecule has 0 aliphatic heterocycles. The lowest BCUT2D eigenvalue weighted by Crippen LogP contribution is -2.10. The van der Waals surface area contributed by atoms with Gasteiger partial charge in [-0.3, -0.25) is 0 Å². The molecule has 0 unspecified atom stereocenters. The second-order valence-corrected chi connectivity index (χ2v) is 6.67. The molecule has 3 aromatic rings. The number of carboxylic acids is 1. The summed E-state index contributed by atoms with van der Waals surface area (Å²) in [5.41, 5.74) is 4.68. The highest BCUT2D eigenvalue weighted by Crippen LogP contribution is 2.37. The van der Waals surface area contributed by atoms with Crippen molar-refractivity contribution in [2.24, 2.45) is 0 Å². The van der Waals surface area contributed by atoms with Crippen LogP contribution in [-0.4, -0.2) is 21.0 Å². The van der Waals surface area contributed by atoms with E-state index in [-0.39, 0.29) is 5.56 Å². The first kappa shape index (κ1) is 15.8. The van der Waals surface area contributed by atoms with E-state index in [4.69, 9.17) is 9.97 Å². The van der Waals surface area contributed by atoms with Gasteiger partial charge >= 0.3 is 5.97 Å². The first-order valence-electron chi connectivity index (χ1n) is 8.83. The van der Waals surface area contributed by atoms with E-state index in [1.165, 1.54) is 19.3 Å². The highest BCUT2D eigenvalue weighted by Gasteiger charge is 2.22. The predicted octanol–water partition coefficient (Wildman–Crippen LogP) is 5.04. The largest absolute Gasteiger partial charge is 0.478 e. The van der Waals surface area contributed by atoms with Crippen molar-refractivity contribution >= 4 is 17.0 Å². The Balaban J connectivity index is 1.91. The molecule has 1 aliphatic rings. The van der Waals surface area contributed by atoms with Crippen molar-refractivity contribution in [2.45, 2.75) is 38.0 Å². The zero-order chi connectivity index (χ0) is 17.2. The lowest BCUT2D eigenvalue weighted by molar-refractivity contribution is 0.0697. The smallest absolute Gasteiger partial charge is 0.335 e. The first-order chi connectivity index (χ1) is 12.2. The molecule has 0 amide bonds. The van der Waals surface area contributed by atoms with E-state index in [1.54, 1.807) is 18.2 Å². The van der Waals surface area contributed by atoms with Crippen molar-refractivity contribution in [1.29, 1.82) is 0 Å². The average Bonchev–Trinajstić information content (AvgIpc) is 2.68. The monoisotopic (exact) mass is 332 g/mol. The lowest BCUT2D eigenvalue weighted by atomic mass is 9.85. The number of aromatic nitrogens is 2. The third-order valence-electron chi connectivity index (χ3n) is 4.98. The standard InChI is InChI=1S/C21H20N2O2/c24-21(25)16-11-12-17-18(13-16)23-20(15-9-5-2-6-10-15)19(22-17)14-7-3-1-4-8-14/h1,3-4,7-8,11-13,15H,2,5-6,9-10H2,(H,24,25). The van der Waals surface area contributed by atoms with Gasteiger partial charge in [-0.2, -0.15) is 0 Å². The summed E-state index contributed by atoms with van der Waals surface area (Å²) in [6.45, 7) is 0. The molecule has 4 nitrogen and oxygen atoms in total. The van der Waals surface area contributed by atoms with Crippen LogP contribution in [0.2, 0.25) is 0 Å². The summed E-state index contributed by atoms with van der Waals surface area (Å²) in [4.78, 5) is 21.0. The second-order valence-electron chi connectivity index (χ2n) is 6.67. The molecule has 1 aliphatic carbocycles. The van der Waals surface area contributed by atoms with Crippen molar-refractivity contribution in [3.8, 4) is 11.3 Å². The van der Waals surface area contributed by atoms with E-state index >= 15 is 0 Å². The van der Waals surface area contributed by atoms with Crippen LogP contribution in [0.4, 0.5) is 0 Å². The van der Waals surface area contributed by atoms with Gasteiger partial charge in [0, 0.05) is 11.5 Å². The molecule has 4 heteroatoms. The van der Waals surface area contributed by atoms with Gasteiger partial charge in [0.25, 0.3) is 0 Å². The Hall–Kier alpha value is -2.75. The van der Waals surface area contributed by atoms with Gasteiger partial charge in [-0.25, -0.2) is 14.8 Å². The molecule has 1 saturated carbocycles. The molecule has 1 fully saturated rings. The van der Waals surface area contributed by atoms with Crippen LogP contribution >= 0.6 is 0 Å². The summed E-state index contributed by atoms with van der Waals surface area (Å²) in [5, 5.41) is 9.25. The fourth-order valence-corrected chi connectivity index (χ4v) is 3.67. The van der Waals surface area contributed by atoms with E-state index in [1.807, 2.05) is 18.2 Å². The van der Waals surface area contributed by atoms with Crippen molar-refractivity contribution in [3.63, 3.8) is 0 Å². The number of aromatic carboxylic acids is 1. The van der Waals surface area contributed by atoms with Gasteiger partial charge < -0.3 is 5.11 Å². The number of hydrogen-bond acceptors (Lipinski definition) is 3. The normalized spacial score (nSPS) is 15.4. The van der Waals surface area contributed by atoms with Crippen LogP contribution in [0, 0.1) is 0 Å². The molecule has 4 rings (SSSR count). The Kier molecular flexibility index (Phi) is 4.18. The van der Waals surface area contributed by atoms with E-state index in [0.717, 1.165) is 35.3 Å². The maximum atomic E-state index is 11.3. The van der Waals surface area contributed by atoms with Crippen LogP contribution < -0.4 is 0 Å². The van der Waals surface area contributed by atoms with Crippen LogP contribution in [-0.2, 0) is 0 Å². The number of fused-ring (bicyclic) bond motifs is 1. The summed E-state index contributed by atoms with van der Waals surface area (Å²) >= 11 is 0. The van der Waals surface area contributed by atoms with Gasteiger partial charge in [-0.1, -0.05) is 49.6 Å². The first-order valence-corrected chi connectivity index (χ1v) is 8.83. The maximum absolute atomic E-state index is 11.3. The predicted molar refractivity (Wildman–Crippen MR) is 97.8 cm³/mol. The molecule has 0 radical (unpaired) electrons. The van der Waals surface area contributed by atoms with E-state index in [9.17, 15) is 9.90 Å². The number of rotatable bonds is 3. The minimum atomic E-state index is -0.935. The number of nitrogens with zero attached hydrogens (tertiary/aromatic N) is 2. The number of hydrogen-bond donors (Lipinski definition) is 1. The molecular formula is C21H20N2O2. The molecule has 0 spiro atoms. The quantitative estimate of drug-likeness (QED) is 0.729. The number of benzene rings is 2. The Bertz CT molecular complexity index is 916. The average molecular weight is 332 g/mol. The van der Waals surface area contributed by atoms with Crippen LogP contribution in [0.3, 0.4) is 0 Å². The molecule has 0 atom stereocenters. The van der Waals surface area contributed by atoms with Gasteiger partial charge in [0.15, 0.2) is 0 Å². The van der Waals surface area contributed by atoms with Crippen molar-refractivity contribution in [1.82, 2.24) is 9.97 Å². The minimum absolute atomic E-state index is 0.254. The summed E-state index contributed by atoms with van der Waals surface area (Å²) in [6.07, 6.45) is 5.96. The Morgan fingerprint density at radius 2 is 1.68 bits per heavy atom. The molecular weight excluding hydrogens is 312 g/mol. The Labute approximate surface area is 146 Å². The van der Waals surface area contributed by atoms with Gasteiger partial charge in [-0.15, -0.1) is 0 Å². The van der Waals surface area contributed by atoms with Crippen molar-refractivity contribution < 1.29 is 9.90 Å². The molecule has 1 heterocycles. The zero-order valence-electron chi connectivity index (χ0n) is 14.0. The van der Waals surface area contributed by atoms with Gasteiger partial charge in [-0.05, 0) is 31.0 Å². The zero-order valence-corrected chi connectivity index (χ0v) is 14.0. The maximum Gasteiger partial charge on any atom is 0.335 e. The lowest BCUT2D eigenvalue weighted by Gasteiger charge is -2.23. The van der Waals surface area contributed by atoms with Gasteiger partial charge in [0.05, 0.1) is 28.0 Å².